The van der Waals surface area contributed by atoms with Crippen LogP contribution in [0.2, 0.25) is 0 Å². The fraction of sp³-hybridized carbons (Fsp3) is 0.357. The molecule has 0 saturated carbocycles. The van der Waals surface area contributed by atoms with E-state index in [0.29, 0.717) is 11.8 Å². The number of nitrogens with zero attached hydrogens (tertiary/aromatic N) is 3. The molecule has 1 atom stereocenters. The van der Waals surface area contributed by atoms with E-state index < -0.39 is 0 Å². The summed E-state index contributed by atoms with van der Waals surface area (Å²) in [5.74, 6) is 1.14. The summed E-state index contributed by atoms with van der Waals surface area (Å²) in [4.78, 5) is 12.7. The molecule has 106 valence electrons. The van der Waals surface area contributed by atoms with Gasteiger partial charge in [-0.05, 0) is 19.0 Å². The van der Waals surface area contributed by atoms with E-state index in [0.717, 1.165) is 17.7 Å². The monoisotopic (exact) mass is 274 g/mol. The molecule has 0 saturated heterocycles. The number of ether oxygens (including phenoxy) is 2. The van der Waals surface area contributed by atoms with Crippen LogP contribution >= 0.6 is 0 Å². The molecule has 0 fully saturated rings. The summed E-state index contributed by atoms with van der Waals surface area (Å²) in [5.41, 5.74) is 1.87. The fourth-order valence-electron chi connectivity index (χ4n) is 1.96. The summed E-state index contributed by atoms with van der Waals surface area (Å²) in [6.07, 6.45) is 5.81. The van der Waals surface area contributed by atoms with Crippen LogP contribution in [0.25, 0.3) is 0 Å². The molecule has 20 heavy (non-hydrogen) atoms. The lowest BCUT2D eigenvalue weighted by molar-refractivity contribution is 0.379. The largest absolute Gasteiger partial charge is 0.481 e. The molecule has 0 spiro atoms. The van der Waals surface area contributed by atoms with Crippen molar-refractivity contribution in [3.8, 4) is 11.8 Å². The van der Waals surface area contributed by atoms with Crippen LogP contribution in [-0.4, -0.2) is 36.2 Å². The van der Waals surface area contributed by atoms with Gasteiger partial charge in [-0.25, -0.2) is 9.97 Å². The van der Waals surface area contributed by atoms with Gasteiger partial charge in [0.05, 0.1) is 20.3 Å². The highest BCUT2D eigenvalue weighted by Gasteiger charge is 2.17. The molecule has 2 heterocycles. The molecule has 2 aromatic rings. The number of aromatic nitrogens is 3. The maximum Gasteiger partial charge on any atom is 0.237 e. The van der Waals surface area contributed by atoms with Crippen LogP contribution in [0.5, 0.6) is 11.8 Å². The zero-order valence-electron chi connectivity index (χ0n) is 11.8. The first-order chi connectivity index (χ1) is 9.78. The van der Waals surface area contributed by atoms with Gasteiger partial charge in [0.1, 0.15) is 5.69 Å². The topological polar surface area (TPSA) is 69.2 Å². The van der Waals surface area contributed by atoms with Crippen LogP contribution in [0, 0.1) is 0 Å². The van der Waals surface area contributed by atoms with Crippen LogP contribution in [0.15, 0.2) is 30.7 Å². The second kappa shape index (κ2) is 6.81. The molecular formula is C14H18N4O2. The molecule has 1 N–H and O–H groups in total. The van der Waals surface area contributed by atoms with E-state index in [-0.39, 0.29) is 6.04 Å². The van der Waals surface area contributed by atoms with Crippen molar-refractivity contribution in [1.29, 1.82) is 0 Å². The van der Waals surface area contributed by atoms with Crippen LogP contribution in [0.1, 0.15) is 17.3 Å². The first kappa shape index (κ1) is 14.2. The Morgan fingerprint density at radius 1 is 1.10 bits per heavy atom. The van der Waals surface area contributed by atoms with E-state index in [1.165, 1.54) is 0 Å². The van der Waals surface area contributed by atoms with Gasteiger partial charge < -0.3 is 14.8 Å². The van der Waals surface area contributed by atoms with Crippen molar-refractivity contribution in [2.75, 3.05) is 21.3 Å². The summed E-state index contributed by atoms with van der Waals surface area (Å²) in [7, 11) is 5.08. The Bertz CT molecular complexity index is 545. The first-order valence-electron chi connectivity index (χ1n) is 6.29. The van der Waals surface area contributed by atoms with Gasteiger partial charge in [0.15, 0.2) is 0 Å². The standard InChI is InChI=1S/C14H18N4O2/c1-15-11(13-14(20-3)17-7-6-16-13)8-10-4-5-12(19-2)18-9-10/h4-7,9,11,15H,8H2,1-3H3. The average molecular weight is 274 g/mol. The summed E-state index contributed by atoms with van der Waals surface area (Å²) in [5, 5.41) is 3.23. The maximum atomic E-state index is 5.25. The van der Waals surface area contributed by atoms with Crippen molar-refractivity contribution in [3.63, 3.8) is 0 Å². The van der Waals surface area contributed by atoms with E-state index in [1.807, 2.05) is 19.2 Å². The highest BCUT2D eigenvalue weighted by Crippen LogP contribution is 2.23. The molecule has 0 aromatic carbocycles. The van der Waals surface area contributed by atoms with Crippen LogP contribution in [-0.2, 0) is 6.42 Å². The zero-order valence-corrected chi connectivity index (χ0v) is 11.8. The van der Waals surface area contributed by atoms with E-state index in [9.17, 15) is 0 Å². The highest BCUT2D eigenvalue weighted by molar-refractivity contribution is 5.25. The Kier molecular flexibility index (Phi) is 4.84. The quantitative estimate of drug-likeness (QED) is 0.858. The Morgan fingerprint density at radius 3 is 2.50 bits per heavy atom. The van der Waals surface area contributed by atoms with Gasteiger partial charge in [0.2, 0.25) is 11.8 Å². The fourth-order valence-corrected chi connectivity index (χ4v) is 1.96. The predicted octanol–water partition coefficient (Wildman–Crippen LogP) is 1.39. The SMILES string of the molecule is CNC(Cc1ccc(OC)nc1)c1nccnc1OC. The lowest BCUT2D eigenvalue weighted by atomic mass is 10.0. The van der Waals surface area contributed by atoms with Crippen molar-refractivity contribution in [2.45, 2.75) is 12.5 Å². The number of methoxy groups -OCH3 is 2. The summed E-state index contributed by atoms with van der Waals surface area (Å²) in [6, 6.07) is 3.84. The van der Waals surface area contributed by atoms with Gasteiger partial charge in [-0.15, -0.1) is 0 Å². The third-order valence-electron chi connectivity index (χ3n) is 3.01. The third-order valence-corrected chi connectivity index (χ3v) is 3.01. The number of pyridine rings is 1. The van der Waals surface area contributed by atoms with Crippen molar-refractivity contribution in [3.05, 3.63) is 42.0 Å². The minimum atomic E-state index is 0.00819. The second-order valence-electron chi connectivity index (χ2n) is 4.21. The van der Waals surface area contributed by atoms with Gasteiger partial charge in [-0.1, -0.05) is 6.07 Å². The van der Waals surface area contributed by atoms with Crippen LogP contribution < -0.4 is 14.8 Å². The highest BCUT2D eigenvalue weighted by atomic mass is 16.5. The molecule has 0 aliphatic carbocycles. The van der Waals surface area contributed by atoms with Crippen LogP contribution in [0.4, 0.5) is 0 Å². The van der Waals surface area contributed by atoms with Crippen molar-refractivity contribution >= 4 is 0 Å². The zero-order chi connectivity index (χ0) is 14.4. The molecule has 2 rings (SSSR count). The van der Waals surface area contributed by atoms with Crippen molar-refractivity contribution < 1.29 is 9.47 Å². The molecule has 2 aromatic heterocycles. The Morgan fingerprint density at radius 2 is 1.90 bits per heavy atom. The van der Waals surface area contributed by atoms with E-state index in [4.69, 9.17) is 9.47 Å². The number of hydrogen-bond donors (Lipinski definition) is 1. The Hall–Kier alpha value is -2.21. The first-order valence-corrected chi connectivity index (χ1v) is 6.29. The van der Waals surface area contributed by atoms with E-state index >= 15 is 0 Å². The Balaban J connectivity index is 2.19. The number of rotatable bonds is 6. The predicted molar refractivity (Wildman–Crippen MR) is 74.9 cm³/mol. The van der Waals surface area contributed by atoms with E-state index in [2.05, 4.69) is 20.3 Å². The summed E-state index contributed by atoms with van der Waals surface area (Å²) >= 11 is 0. The molecule has 0 bridgehead atoms. The maximum absolute atomic E-state index is 5.25. The minimum Gasteiger partial charge on any atom is -0.481 e. The van der Waals surface area contributed by atoms with Crippen molar-refractivity contribution in [2.24, 2.45) is 0 Å². The van der Waals surface area contributed by atoms with E-state index in [1.54, 1.807) is 32.8 Å². The molecule has 0 aliphatic rings. The smallest absolute Gasteiger partial charge is 0.237 e. The molecule has 6 heteroatoms. The lowest BCUT2D eigenvalue weighted by Crippen LogP contribution is -2.21. The molecule has 6 nitrogen and oxygen atoms in total. The average Bonchev–Trinajstić information content (AvgIpc) is 2.53. The molecular weight excluding hydrogens is 256 g/mol. The number of hydrogen-bond acceptors (Lipinski definition) is 6. The molecule has 0 amide bonds. The van der Waals surface area contributed by atoms with Gasteiger partial charge in [0, 0.05) is 24.7 Å². The minimum absolute atomic E-state index is 0.00819. The van der Waals surface area contributed by atoms with Crippen molar-refractivity contribution in [1.82, 2.24) is 20.3 Å². The lowest BCUT2D eigenvalue weighted by Gasteiger charge is -2.17. The van der Waals surface area contributed by atoms with Gasteiger partial charge in [-0.2, -0.15) is 0 Å². The van der Waals surface area contributed by atoms with Gasteiger partial charge >= 0.3 is 0 Å². The molecule has 0 radical (unpaired) electrons. The normalized spacial score (nSPS) is 11.9. The van der Waals surface area contributed by atoms with Gasteiger partial charge in [0.25, 0.3) is 0 Å². The molecule has 0 aliphatic heterocycles. The Labute approximate surface area is 118 Å². The second-order valence-corrected chi connectivity index (χ2v) is 4.21. The molecule has 1 unspecified atom stereocenters. The van der Waals surface area contributed by atoms with Gasteiger partial charge in [-0.3, -0.25) is 4.98 Å². The van der Waals surface area contributed by atoms with Crippen LogP contribution in [0.3, 0.4) is 0 Å². The summed E-state index contributed by atoms with van der Waals surface area (Å²) in [6.45, 7) is 0. The summed E-state index contributed by atoms with van der Waals surface area (Å²) < 4.78 is 10.3. The number of nitrogens with one attached hydrogen (secondary N) is 1. The third kappa shape index (κ3) is 3.21. The number of likely N-dealkylation sites (N-methyl/N-ethyl adjacent to an activating group) is 1.